The molecule has 1 amide bonds. The van der Waals surface area contributed by atoms with Crippen molar-refractivity contribution < 1.29 is 9.21 Å². The fraction of sp³-hybridized carbons (Fsp3) is 0.667. The number of rotatable bonds is 4. The Bertz CT molecular complexity index is 370. The minimum atomic E-state index is 0.174. The maximum Gasteiger partial charge on any atom is 0.236 e. The Kier molecular flexibility index (Phi) is 4.14. The molecule has 94 valence electrons. The molecule has 0 atom stereocenters. The van der Waals surface area contributed by atoms with Gasteiger partial charge in [-0.3, -0.25) is 10.1 Å². The fourth-order valence-corrected chi connectivity index (χ4v) is 2.01. The van der Waals surface area contributed by atoms with Gasteiger partial charge in [-0.15, -0.1) is 0 Å². The Labute approximate surface area is 101 Å². The molecule has 2 rings (SSSR count). The Morgan fingerprint density at radius 2 is 2.24 bits per heavy atom. The SMILES string of the molecule is Cc1cnc(CNCC(=O)N2CCCCC2)o1. The standard InChI is InChI=1S/C12H19N3O2/c1-10-7-14-11(17-10)8-13-9-12(16)15-5-3-2-4-6-15/h7,13H,2-6,8-9H2,1H3. The van der Waals surface area contributed by atoms with Crippen LogP contribution in [0.3, 0.4) is 0 Å². The van der Waals surface area contributed by atoms with Gasteiger partial charge in [-0.25, -0.2) is 4.98 Å². The van der Waals surface area contributed by atoms with Crippen molar-refractivity contribution in [1.29, 1.82) is 0 Å². The molecular formula is C12H19N3O2. The summed E-state index contributed by atoms with van der Waals surface area (Å²) in [5, 5.41) is 3.06. The molecule has 17 heavy (non-hydrogen) atoms. The number of carbonyl (C=O) groups is 1. The van der Waals surface area contributed by atoms with Crippen molar-refractivity contribution >= 4 is 5.91 Å². The van der Waals surface area contributed by atoms with Gasteiger partial charge in [0.2, 0.25) is 11.8 Å². The minimum absolute atomic E-state index is 0.174. The van der Waals surface area contributed by atoms with Crippen LogP contribution in [0.25, 0.3) is 0 Å². The quantitative estimate of drug-likeness (QED) is 0.851. The van der Waals surface area contributed by atoms with Crippen LogP contribution in [-0.2, 0) is 11.3 Å². The van der Waals surface area contributed by atoms with Crippen LogP contribution < -0.4 is 5.32 Å². The normalized spacial score (nSPS) is 16.2. The van der Waals surface area contributed by atoms with Crippen LogP contribution in [0.15, 0.2) is 10.6 Å². The van der Waals surface area contributed by atoms with Gasteiger partial charge < -0.3 is 9.32 Å². The van der Waals surface area contributed by atoms with Crippen molar-refractivity contribution in [2.75, 3.05) is 19.6 Å². The van der Waals surface area contributed by atoms with E-state index in [0.29, 0.717) is 19.0 Å². The number of amides is 1. The molecule has 0 aromatic carbocycles. The second-order valence-corrected chi connectivity index (χ2v) is 4.41. The summed E-state index contributed by atoms with van der Waals surface area (Å²) in [6, 6.07) is 0. The van der Waals surface area contributed by atoms with Crippen molar-refractivity contribution in [1.82, 2.24) is 15.2 Å². The zero-order chi connectivity index (χ0) is 12.1. The van der Waals surface area contributed by atoms with E-state index in [2.05, 4.69) is 10.3 Å². The molecule has 0 radical (unpaired) electrons. The molecule has 1 aromatic rings. The summed E-state index contributed by atoms with van der Waals surface area (Å²) >= 11 is 0. The molecule has 1 aromatic heterocycles. The highest BCUT2D eigenvalue weighted by Crippen LogP contribution is 2.08. The largest absolute Gasteiger partial charge is 0.445 e. The molecule has 1 aliphatic rings. The molecule has 0 bridgehead atoms. The summed E-state index contributed by atoms with van der Waals surface area (Å²) in [5.41, 5.74) is 0. The highest BCUT2D eigenvalue weighted by molar-refractivity contribution is 5.78. The second-order valence-electron chi connectivity index (χ2n) is 4.41. The van der Waals surface area contributed by atoms with Crippen molar-refractivity contribution in [2.45, 2.75) is 32.7 Å². The average molecular weight is 237 g/mol. The number of nitrogens with one attached hydrogen (secondary N) is 1. The van der Waals surface area contributed by atoms with Crippen LogP contribution in [0.4, 0.5) is 0 Å². The number of aromatic nitrogens is 1. The first-order valence-electron chi connectivity index (χ1n) is 6.15. The van der Waals surface area contributed by atoms with Crippen LogP contribution in [-0.4, -0.2) is 35.4 Å². The molecule has 1 fully saturated rings. The molecule has 0 aliphatic carbocycles. The first-order chi connectivity index (χ1) is 8.25. The van der Waals surface area contributed by atoms with E-state index in [0.717, 1.165) is 31.7 Å². The summed E-state index contributed by atoms with van der Waals surface area (Å²) in [6.45, 7) is 4.53. The van der Waals surface area contributed by atoms with Gasteiger partial charge in [0.15, 0.2) is 0 Å². The number of piperidine rings is 1. The Hall–Kier alpha value is -1.36. The number of hydrogen-bond acceptors (Lipinski definition) is 4. The number of aryl methyl sites for hydroxylation is 1. The third-order valence-corrected chi connectivity index (χ3v) is 2.93. The molecule has 5 heteroatoms. The average Bonchev–Trinajstić information content (AvgIpc) is 2.76. The van der Waals surface area contributed by atoms with Gasteiger partial charge in [-0.2, -0.15) is 0 Å². The van der Waals surface area contributed by atoms with Gasteiger partial charge in [0.25, 0.3) is 0 Å². The molecule has 2 heterocycles. The number of likely N-dealkylation sites (tertiary alicyclic amines) is 1. The summed E-state index contributed by atoms with van der Waals surface area (Å²) in [4.78, 5) is 17.8. The van der Waals surface area contributed by atoms with E-state index < -0.39 is 0 Å². The van der Waals surface area contributed by atoms with Crippen molar-refractivity contribution in [3.05, 3.63) is 17.8 Å². The summed E-state index contributed by atoms with van der Waals surface area (Å²) < 4.78 is 5.31. The molecule has 0 unspecified atom stereocenters. The fourth-order valence-electron chi connectivity index (χ4n) is 2.01. The van der Waals surface area contributed by atoms with Crippen molar-refractivity contribution in [3.63, 3.8) is 0 Å². The van der Waals surface area contributed by atoms with E-state index in [1.165, 1.54) is 6.42 Å². The Morgan fingerprint density at radius 1 is 1.47 bits per heavy atom. The number of oxazole rings is 1. The van der Waals surface area contributed by atoms with Gasteiger partial charge in [0.05, 0.1) is 19.3 Å². The van der Waals surface area contributed by atoms with Crippen molar-refractivity contribution in [2.24, 2.45) is 0 Å². The monoisotopic (exact) mass is 237 g/mol. The molecule has 1 N–H and O–H groups in total. The number of nitrogens with zero attached hydrogens (tertiary/aromatic N) is 2. The molecule has 0 saturated carbocycles. The predicted octanol–water partition coefficient (Wildman–Crippen LogP) is 1.09. The lowest BCUT2D eigenvalue weighted by Gasteiger charge is -2.26. The van der Waals surface area contributed by atoms with Gasteiger partial charge in [0.1, 0.15) is 5.76 Å². The lowest BCUT2D eigenvalue weighted by atomic mass is 10.1. The second kappa shape index (κ2) is 5.82. The summed E-state index contributed by atoms with van der Waals surface area (Å²) in [7, 11) is 0. The lowest BCUT2D eigenvalue weighted by Crippen LogP contribution is -2.40. The highest BCUT2D eigenvalue weighted by Gasteiger charge is 2.15. The minimum Gasteiger partial charge on any atom is -0.445 e. The molecule has 1 aliphatic heterocycles. The van der Waals surface area contributed by atoms with Gasteiger partial charge in [-0.1, -0.05) is 0 Å². The first-order valence-corrected chi connectivity index (χ1v) is 6.15. The van der Waals surface area contributed by atoms with Crippen LogP contribution >= 0.6 is 0 Å². The van der Waals surface area contributed by atoms with Crippen LogP contribution in [0.5, 0.6) is 0 Å². The maximum atomic E-state index is 11.8. The topological polar surface area (TPSA) is 58.4 Å². The van der Waals surface area contributed by atoms with E-state index in [-0.39, 0.29) is 5.91 Å². The van der Waals surface area contributed by atoms with Crippen LogP contribution in [0.2, 0.25) is 0 Å². The van der Waals surface area contributed by atoms with Crippen LogP contribution in [0.1, 0.15) is 30.9 Å². The number of hydrogen-bond donors (Lipinski definition) is 1. The maximum absolute atomic E-state index is 11.8. The highest BCUT2D eigenvalue weighted by atomic mass is 16.4. The van der Waals surface area contributed by atoms with E-state index in [1.54, 1.807) is 6.20 Å². The van der Waals surface area contributed by atoms with E-state index >= 15 is 0 Å². The smallest absolute Gasteiger partial charge is 0.236 e. The first kappa shape index (κ1) is 12.1. The summed E-state index contributed by atoms with van der Waals surface area (Å²) in [6.07, 6.45) is 5.19. The van der Waals surface area contributed by atoms with Gasteiger partial charge >= 0.3 is 0 Å². The van der Waals surface area contributed by atoms with Crippen molar-refractivity contribution in [3.8, 4) is 0 Å². The Morgan fingerprint density at radius 3 is 2.88 bits per heavy atom. The van der Waals surface area contributed by atoms with Gasteiger partial charge in [0, 0.05) is 13.1 Å². The lowest BCUT2D eigenvalue weighted by molar-refractivity contribution is -0.131. The third kappa shape index (κ3) is 3.56. The summed E-state index contributed by atoms with van der Waals surface area (Å²) in [5.74, 6) is 1.60. The van der Waals surface area contributed by atoms with Crippen LogP contribution in [0, 0.1) is 6.92 Å². The zero-order valence-corrected chi connectivity index (χ0v) is 10.2. The molecular weight excluding hydrogens is 218 g/mol. The predicted molar refractivity (Wildman–Crippen MR) is 63.4 cm³/mol. The molecule has 1 saturated heterocycles. The molecule has 5 nitrogen and oxygen atoms in total. The Balaban J connectivity index is 1.69. The number of carbonyl (C=O) groups excluding carboxylic acids is 1. The third-order valence-electron chi connectivity index (χ3n) is 2.93. The zero-order valence-electron chi connectivity index (χ0n) is 10.2. The van der Waals surface area contributed by atoms with E-state index in [4.69, 9.17) is 4.42 Å². The van der Waals surface area contributed by atoms with E-state index in [9.17, 15) is 4.79 Å². The molecule has 0 spiro atoms. The van der Waals surface area contributed by atoms with E-state index in [1.807, 2.05) is 11.8 Å². The van der Waals surface area contributed by atoms with Gasteiger partial charge in [-0.05, 0) is 26.2 Å².